The van der Waals surface area contributed by atoms with Crippen molar-refractivity contribution in [2.45, 2.75) is 38.9 Å². The molecular weight excluding hydrogens is 261 g/mol. The van der Waals surface area contributed by atoms with Gasteiger partial charge in [-0.05, 0) is 27.7 Å². The SMILES string of the molecule is [2H]c1nc([2H])n(-c2ncc(B3OC(C)(C)C(C)(C)O3)s2)c1[2H]. The van der Waals surface area contributed by atoms with Crippen LogP contribution in [0.25, 0.3) is 5.13 Å². The highest BCUT2D eigenvalue weighted by Crippen LogP contribution is 2.36. The molecule has 0 aromatic carbocycles. The number of thiazole rings is 1. The molecule has 100 valence electrons. The van der Waals surface area contributed by atoms with Gasteiger partial charge in [0, 0.05) is 18.5 Å². The van der Waals surface area contributed by atoms with Crippen LogP contribution in [0.15, 0.2) is 24.8 Å². The van der Waals surface area contributed by atoms with E-state index in [1.54, 1.807) is 6.20 Å². The van der Waals surface area contributed by atoms with Crippen molar-refractivity contribution < 1.29 is 13.4 Å². The largest absolute Gasteiger partial charge is 0.507 e. The molecule has 7 heteroatoms. The molecule has 0 atom stereocenters. The van der Waals surface area contributed by atoms with Crippen molar-refractivity contribution in [1.29, 1.82) is 0 Å². The van der Waals surface area contributed by atoms with Crippen LogP contribution < -0.4 is 4.78 Å². The highest BCUT2D eigenvalue weighted by atomic mass is 32.1. The summed E-state index contributed by atoms with van der Waals surface area (Å²) < 4.78 is 36.9. The first kappa shape index (κ1) is 9.69. The Hall–Kier alpha value is -1.18. The van der Waals surface area contributed by atoms with Crippen LogP contribution in [0.2, 0.25) is 0 Å². The molecule has 0 amide bonds. The fourth-order valence-corrected chi connectivity index (χ4v) is 2.51. The molecule has 2 aromatic heterocycles. The Labute approximate surface area is 121 Å². The second-order valence-corrected chi connectivity index (χ2v) is 6.44. The van der Waals surface area contributed by atoms with Crippen LogP contribution in [-0.2, 0) is 9.31 Å². The molecule has 5 nitrogen and oxygen atoms in total. The second-order valence-electron chi connectivity index (χ2n) is 5.40. The van der Waals surface area contributed by atoms with E-state index in [-0.39, 0.29) is 18.6 Å². The van der Waals surface area contributed by atoms with Crippen LogP contribution in [0, 0.1) is 0 Å². The molecule has 0 aliphatic carbocycles. The van der Waals surface area contributed by atoms with Gasteiger partial charge in [-0.25, -0.2) is 9.97 Å². The van der Waals surface area contributed by atoms with Crippen LogP contribution in [0.3, 0.4) is 0 Å². The number of nitrogens with zero attached hydrogens (tertiary/aromatic N) is 3. The molecule has 3 rings (SSSR count). The first-order valence-electron chi connectivity index (χ1n) is 7.47. The summed E-state index contributed by atoms with van der Waals surface area (Å²) in [6.45, 7) is 7.89. The third kappa shape index (κ3) is 2.11. The van der Waals surface area contributed by atoms with Gasteiger partial charge in [0.2, 0.25) is 0 Å². The summed E-state index contributed by atoms with van der Waals surface area (Å²) in [5.74, 6) is 0. The van der Waals surface area contributed by atoms with Gasteiger partial charge in [-0.15, -0.1) is 11.3 Å². The quantitative estimate of drug-likeness (QED) is 0.784. The number of hydrogen-bond donors (Lipinski definition) is 0. The van der Waals surface area contributed by atoms with E-state index in [4.69, 9.17) is 13.4 Å². The molecule has 0 bridgehead atoms. The monoisotopic (exact) mass is 280 g/mol. The Kier molecular flexibility index (Phi) is 2.12. The van der Waals surface area contributed by atoms with Gasteiger partial charge in [-0.1, -0.05) is 0 Å². The summed E-state index contributed by atoms with van der Waals surface area (Å²) >= 11 is 1.26. The third-order valence-corrected chi connectivity index (χ3v) is 4.56. The molecule has 0 saturated carbocycles. The van der Waals surface area contributed by atoms with Gasteiger partial charge in [0.25, 0.3) is 0 Å². The topological polar surface area (TPSA) is 49.2 Å². The van der Waals surface area contributed by atoms with E-state index in [0.717, 1.165) is 4.78 Å². The van der Waals surface area contributed by atoms with Crippen LogP contribution in [0.5, 0.6) is 0 Å². The van der Waals surface area contributed by atoms with Crippen molar-refractivity contribution in [1.82, 2.24) is 14.5 Å². The van der Waals surface area contributed by atoms with Crippen LogP contribution in [0.1, 0.15) is 31.8 Å². The Morgan fingerprint density at radius 1 is 1.32 bits per heavy atom. The predicted octanol–water partition coefficient (Wildman–Crippen LogP) is 1.63. The second kappa shape index (κ2) is 4.16. The van der Waals surface area contributed by atoms with E-state index < -0.39 is 18.3 Å². The maximum atomic E-state index is 7.80. The Balaban J connectivity index is 1.93. The number of imidazole rings is 1. The van der Waals surface area contributed by atoms with Gasteiger partial charge in [0.05, 0.1) is 18.7 Å². The minimum Gasteiger partial charge on any atom is -0.399 e. The van der Waals surface area contributed by atoms with Crippen LogP contribution >= 0.6 is 11.3 Å². The van der Waals surface area contributed by atoms with Crippen LogP contribution in [-0.4, -0.2) is 32.9 Å². The van der Waals surface area contributed by atoms with Crippen molar-refractivity contribution in [3.8, 4) is 5.13 Å². The van der Waals surface area contributed by atoms with Gasteiger partial charge < -0.3 is 9.31 Å². The van der Waals surface area contributed by atoms with E-state index in [2.05, 4.69) is 9.97 Å². The lowest BCUT2D eigenvalue weighted by Gasteiger charge is -2.32. The lowest BCUT2D eigenvalue weighted by molar-refractivity contribution is 0.00578. The Morgan fingerprint density at radius 2 is 2.00 bits per heavy atom. The molecule has 2 aromatic rings. The fraction of sp³-hybridized carbons (Fsp3) is 0.500. The van der Waals surface area contributed by atoms with E-state index in [9.17, 15) is 0 Å². The van der Waals surface area contributed by atoms with E-state index in [1.165, 1.54) is 15.9 Å². The maximum absolute atomic E-state index is 7.80. The first-order chi connectivity index (χ1) is 10.1. The molecule has 0 spiro atoms. The van der Waals surface area contributed by atoms with Crippen molar-refractivity contribution in [2.75, 3.05) is 0 Å². The van der Waals surface area contributed by atoms with Crippen molar-refractivity contribution in [3.63, 3.8) is 0 Å². The normalized spacial score (nSPS) is 23.2. The van der Waals surface area contributed by atoms with Gasteiger partial charge in [-0.2, -0.15) is 0 Å². The summed E-state index contributed by atoms with van der Waals surface area (Å²) in [5.41, 5.74) is -0.876. The van der Waals surface area contributed by atoms with Crippen molar-refractivity contribution in [2.24, 2.45) is 0 Å². The highest BCUT2D eigenvalue weighted by Gasteiger charge is 2.52. The zero-order chi connectivity index (χ0) is 16.3. The summed E-state index contributed by atoms with van der Waals surface area (Å²) in [4.78, 5) is 7.87. The highest BCUT2D eigenvalue weighted by molar-refractivity contribution is 7.24. The smallest absolute Gasteiger partial charge is 0.399 e. The van der Waals surface area contributed by atoms with Gasteiger partial charge >= 0.3 is 7.12 Å². The number of aromatic nitrogens is 3. The summed E-state index contributed by atoms with van der Waals surface area (Å²) in [6, 6.07) is 0. The predicted molar refractivity (Wildman–Crippen MR) is 75.0 cm³/mol. The van der Waals surface area contributed by atoms with Crippen molar-refractivity contribution in [3.05, 3.63) is 24.8 Å². The van der Waals surface area contributed by atoms with E-state index >= 15 is 0 Å². The van der Waals surface area contributed by atoms with Gasteiger partial charge in [0.1, 0.15) is 7.67 Å². The molecule has 1 fully saturated rings. The lowest BCUT2D eigenvalue weighted by atomic mass is 9.89. The zero-order valence-corrected chi connectivity index (χ0v) is 12.0. The third-order valence-electron chi connectivity index (χ3n) is 3.56. The average Bonchev–Trinajstić information content (AvgIpc) is 2.99. The molecule has 0 radical (unpaired) electrons. The van der Waals surface area contributed by atoms with E-state index in [0.29, 0.717) is 5.13 Å². The van der Waals surface area contributed by atoms with Gasteiger partial charge in [0.15, 0.2) is 5.13 Å². The summed E-state index contributed by atoms with van der Waals surface area (Å²) in [7, 11) is -0.529. The number of rotatable bonds is 2. The Morgan fingerprint density at radius 3 is 2.58 bits per heavy atom. The maximum Gasteiger partial charge on any atom is 0.507 e. The van der Waals surface area contributed by atoms with Gasteiger partial charge in [-0.3, -0.25) is 4.57 Å². The van der Waals surface area contributed by atoms with E-state index in [1.807, 2.05) is 27.7 Å². The molecule has 3 heterocycles. The summed E-state index contributed by atoms with van der Waals surface area (Å²) in [5, 5.41) is 0.408. The first-order valence-corrected chi connectivity index (χ1v) is 6.78. The fourth-order valence-electron chi connectivity index (χ4n) is 1.71. The Bertz CT molecular complexity index is 715. The minimum absolute atomic E-state index is 0.153. The standard InChI is InChI=1S/C12H16BN3O2S/c1-11(2)12(3,4)18-13(17-11)9-7-15-10(19-9)16-6-5-14-8-16/h5-8H,1-4H3/i5D,6D,8D. The average molecular weight is 280 g/mol. The molecule has 1 aliphatic heterocycles. The molecule has 19 heavy (non-hydrogen) atoms. The van der Waals surface area contributed by atoms with Crippen molar-refractivity contribution >= 4 is 23.2 Å². The molecule has 1 saturated heterocycles. The minimum atomic E-state index is -0.529. The molecular formula is C12H16BN3O2S. The molecule has 1 aliphatic rings. The van der Waals surface area contributed by atoms with Crippen LogP contribution in [0.4, 0.5) is 0 Å². The lowest BCUT2D eigenvalue weighted by Crippen LogP contribution is -2.41. The zero-order valence-electron chi connectivity index (χ0n) is 14.2. The molecule has 0 unspecified atom stereocenters. The molecule has 0 N–H and O–H groups in total. The number of hydrogen-bond acceptors (Lipinski definition) is 5. The summed E-state index contributed by atoms with van der Waals surface area (Å²) in [6.07, 6.45) is 1.05.